The largest absolute Gasteiger partial charge is 0.497 e. The molecule has 3 unspecified atom stereocenters. The number of piperidine rings is 1. The van der Waals surface area contributed by atoms with Gasteiger partial charge in [0, 0.05) is 35.1 Å². The topological polar surface area (TPSA) is 48.5 Å². The molecule has 0 bridgehead atoms. The first-order valence-electron chi connectivity index (χ1n) is 11.4. The number of hydrogen-bond donors (Lipinski definition) is 2. The summed E-state index contributed by atoms with van der Waals surface area (Å²) in [6.07, 6.45) is 4.03. The van der Waals surface area contributed by atoms with Crippen molar-refractivity contribution in [3.8, 4) is 5.75 Å². The average molecular weight is 437 g/mol. The molecular formula is C26H29ClN2O2. The van der Waals surface area contributed by atoms with E-state index in [9.17, 15) is 5.11 Å². The number of aromatic nitrogens is 1. The molecule has 2 aromatic carbocycles. The number of halogens is 1. The first kappa shape index (κ1) is 19.7. The van der Waals surface area contributed by atoms with Gasteiger partial charge in [0.25, 0.3) is 0 Å². The van der Waals surface area contributed by atoms with E-state index >= 15 is 0 Å². The standard InChI is InChI=1S/C26H29ClN2O2/c1-31-19-5-2-4-17(11-19)26-8-9-29(14-16-10-24(16)30)15-18(26)12-20-23(13-26)28-22-7-3-6-21(27)25(20)22/h2-7,11,16,18,24,28,30H,8-10,12-15H2,1H3/t16?,18?,24?,26-/m0/s1. The van der Waals surface area contributed by atoms with Crippen molar-refractivity contribution in [3.63, 3.8) is 0 Å². The molecule has 0 spiro atoms. The van der Waals surface area contributed by atoms with Crippen molar-refractivity contribution in [2.45, 2.75) is 37.2 Å². The summed E-state index contributed by atoms with van der Waals surface area (Å²) in [4.78, 5) is 6.30. The molecule has 1 aromatic heterocycles. The lowest BCUT2D eigenvalue weighted by Crippen LogP contribution is -2.54. The highest BCUT2D eigenvalue weighted by atomic mass is 35.5. The van der Waals surface area contributed by atoms with Gasteiger partial charge >= 0.3 is 0 Å². The van der Waals surface area contributed by atoms with Crippen LogP contribution in [-0.4, -0.2) is 47.8 Å². The molecule has 3 aromatic rings. The van der Waals surface area contributed by atoms with Crippen LogP contribution in [0, 0.1) is 11.8 Å². The molecule has 2 aliphatic carbocycles. The first-order chi connectivity index (χ1) is 15.1. The molecule has 31 heavy (non-hydrogen) atoms. The van der Waals surface area contributed by atoms with Crippen LogP contribution in [0.5, 0.6) is 5.75 Å². The number of nitrogens with zero attached hydrogens (tertiary/aromatic N) is 1. The van der Waals surface area contributed by atoms with Gasteiger partial charge in [0.2, 0.25) is 0 Å². The van der Waals surface area contributed by atoms with Gasteiger partial charge in [0.05, 0.1) is 18.2 Å². The van der Waals surface area contributed by atoms with Crippen molar-refractivity contribution < 1.29 is 9.84 Å². The molecule has 2 fully saturated rings. The fourth-order valence-electron chi connectivity index (χ4n) is 6.23. The van der Waals surface area contributed by atoms with Crippen LogP contribution in [0.1, 0.15) is 29.7 Å². The number of aromatic amines is 1. The molecule has 3 aliphatic rings. The summed E-state index contributed by atoms with van der Waals surface area (Å²) >= 11 is 6.65. The summed E-state index contributed by atoms with van der Waals surface area (Å²) in [7, 11) is 1.75. The van der Waals surface area contributed by atoms with Crippen LogP contribution in [0.3, 0.4) is 0 Å². The monoisotopic (exact) mass is 436 g/mol. The smallest absolute Gasteiger partial charge is 0.119 e. The van der Waals surface area contributed by atoms with Gasteiger partial charge in [-0.25, -0.2) is 0 Å². The molecular weight excluding hydrogens is 408 g/mol. The second kappa shape index (κ2) is 7.26. The van der Waals surface area contributed by atoms with Crippen molar-refractivity contribution >= 4 is 22.5 Å². The molecule has 0 amide bonds. The van der Waals surface area contributed by atoms with E-state index in [0.717, 1.165) is 61.6 Å². The molecule has 1 saturated heterocycles. The Morgan fingerprint density at radius 3 is 2.90 bits per heavy atom. The summed E-state index contributed by atoms with van der Waals surface area (Å²) in [6.45, 7) is 3.16. The van der Waals surface area contributed by atoms with Gasteiger partial charge in [0.1, 0.15) is 5.75 Å². The Balaban J connectivity index is 1.43. The normalized spacial score (nSPS) is 30.1. The molecule has 4 nitrogen and oxygen atoms in total. The number of aliphatic hydroxyl groups is 1. The number of benzene rings is 2. The molecule has 1 saturated carbocycles. The summed E-state index contributed by atoms with van der Waals surface area (Å²) in [5.74, 6) is 1.90. The molecule has 2 heterocycles. The molecule has 0 radical (unpaired) electrons. The summed E-state index contributed by atoms with van der Waals surface area (Å²) in [5, 5.41) is 11.9. The molecule has 2 N–H and O–H groups in total. The highest BCUT2D eigenvalue weighted by Crippen LogP contribution is 2.50. The van der Waals surface area contributed by atoms with Crippen LogP contribution in [0.25, 0.3) is 10.9 Å². The van der Waals surface area contributed by atoms with E-state index in [0.29, 0.717) is 11.8 Å². The number of aliphatic hydroxyl groups excluding tert-OH is 1. The van der Waals surface area contributed by atoms with Crippen LogP contribution < -0.4 is 4.74 Å². The van der Waals surface area contributed by atoms with Crippen LogP contribution in [0.2, 0.25) is 5.02 Å². The van der Waals surface area contributed by atoms with Gasteiger partial charge in [-0.2, -0.15) is 0 Å². The van der Waals surface area contributed by atoms with Gasteiger partial charge in [-0.3, -0.25) is 0 Å². The van der Waals surface area contributed by atoms with Gasteiger partial charge in [-0.05, 0) is 79.5 Å². The van der Waals surface area contributed by atoms with Gasteiger partial charge in [-0.1, -0.05) is 29.8 Å². The van der Waals surface area contributed by atoms with Crippen LogP contribution >= 0.6 is 11.6 Å². The predicted molar refractivity (Wildman–Crippen MR) is 124 cm³/mol. The van der Waals surface area contributed by atoms with Gasteiger partial charge in [0.15, 0.2) is 0 Å². The van der Waals surface area contributed by atoms with Gasteiger partial charge in [-0.15, -0.1) is 0 Å². The van der Waals surface area contributed by atoms with Crippen LogP contribution in [0.15, 0.2) is 42.5 Å². The predicted octanol–water partition coefficient (Wildman–Crippen LogP) is 4.57. The minimum Gasteiger partial charge on any atom is -0.497 e. The van der Waals surface area contributed by atoms with Crippen molar-refractivity contribution in [3.05, 3.63) is 64.3 Å². The zero-order valence-corrected chi connectivity index (χ0v) is 18.7. The second-order valence-corrected chi connectivity index (χ2v) is 10.2. The lowest BCUT2D eigenvalue weighted by molar-refractivity contribution is 0.0744. The Kier molecular flexibility index (Phi) is 4.60. The first-order valence-corrected chi connectivity index (χ1v) is 11.8. The molecule has 5 heteroatoms. The molecule has 6 rings (SSSR count). The zero-order valence-electron chi connectivity index (χ0n) is 17.9. The number of fused-ring (bicyclic) bond motifs is 4. The summed E-state index contributed by atoms with van der Waals surface area (Å²) in [5.41, 5.74) is 5.37. The van der Waals surface area contributed by atoms with E-state index in [1.54, 1.807) is 7.11 Å². The summed E-state index contributed by atoms with van der Waals surface area (Å²) in [6, 6.07) is 14.9. The molecule has 4 atom stereocenters. The third-order valence-corrected chi connectivity index (χ3v) is 8.38. The number of likely N-dealkylation sites (tertiary alicyclic amines) is 1. The lowest BCUT2D eigenvalue weighted by atomic mass is 9.58. The summed E-state index contributed by atoms with van der Waals surface area (Å²) < 4.78 is 5.59. The van der Waals surface area contributed by atoms with Crippen molar-refractivity contribution in [1.29, 1.82) is 0 Å². The van der Waals surface area contributed by atoms with E-state index in [4.69, 9.17) is 16.3 Å². The molecule has 1 aliphatic heterocycles. The minimum atomic E-state index is -0.0875. The van der Waals surface area contributed by atoms with Crippen molar-refractivity contribution in [2.75, 3.05) is 26.7 Å². The van der Waals surface area contributed by atoms with E-state index in [1.807, 2.05) is 18.2 Å². The Hall–Kier alpha value is -2.01. The van der Waals surface area contributed by atoms with Gasteiger partial charge < -0.3 is 19.7 Å². The SMILES string of the molecule is COc1cccc([C@@]23CCN(CC4CC4O)CC2Cc2c([nH]c4cccc(Cl)c24)C3)c1. The number of methoxy groups -OCH3 is 1. The Morgan fingerprint density at radius 1 is 1.26 bits per heavy atom. The lowest BCUT2D eigenvalue weighted by Gasteiger charge is -2.51. The second-order valence-electron chi connectivity index (χ2n) is 9.78. The fourth-order valence-corrected chi connectivity index (χ4v) is 6.52. The number of hydrogen-bond acceptors (Lipinski definition) is 3. The van der Waals surface area contributed by atoms with E-state index in [2.05, 4.69) is 34.1 Å². The van der Waals surface area contributed by atoms with E-state index in [1.165, 1.54) is 22.2 Å². The highest BCUT2D eigenvalue weighted by molar-refractivity contribution is 6.35. The number of H-pyrrole nitrogens is 1. The average Bonchev–Trinajstić information content (AvgIpc) is 3.34. The van der Waals surface area contributed by atoms with Crippen molar-refractivity contribution in [2.24, 2.45) is 11.8 Å². The highest BCUT2D eigenvalue weighted by Gasteiger charge is 2.49. The van der Waals surface area contributed by atoms with Crippen LogP contribution in [-0.2, 0) is 18.3 Å². The fraction of sp³-hybridized carbons (Fsp3) is 0.462. The third-order valence-electron chi connectivity index (χ3n) is 8.06. The number of nitrogens with one attached hydrogen (secondary N) is 1. The molecule has 162 valence electrons. The Labute approximate surface area is 188 Å². The maximum atomic E-state index is 9.87. The Morgan fingerprint density at radius 2 is 2.10 bits per heavy atom. The Bertz CT molecular complexity index is 1140. The minimum absolute atomic E-state index is 0.0875. The maximum absolute atomic E-state index is 9.87. The maximum Gasteiger partial charge on any atom is 0.119 e. The third kappa shape index (κ3) is 3.19. The number of ether oxygens (including phenoxy) is 1. The van der Waals surface area contributed by atoms with Crippen molar-refractivity contribution in [1.82, 2.24) is 9.88 Å². The van der Waals surface area contributed by atoms with Crippen LogP contribution in [0.4, 0.5) is 0 Å². The quantitative estimate of drug-likeness (QED) is 0.629. The zero-order chi connectivity index (χ0) is 21.2. The number of rotatable bonds is 4. The van der Waals surface area contributed by atoms with E-state index < -0.39 is 0 Å². The van der Waals surface area contributed by atoms with E-state index in [-0.39, 0.29) is 11.5 Å².